The third-order valence-electron chi connectivity index (χ3n) is 2.07. The maximum Gasteiger partial charge on any atom is 0.239 e. The quantitative estimate of drug-likeness (QED) is 0.524. The number of carbonyl (C=O) groups excluding carboxylic acids is 1. The van der Waals surface area contributed by atoms with Crippen LogP contribution >= 0.6 is 12.2 Å². The van der Waals surface area contributed by atoms with Gasteiger partial charge in [0.25, 0.3) is 0 Å². The fourth-order valence-corrected chi connectivity index (χ4v) is 1.40. The van der Waals surface area contributed by atoms with E-state index in [1.54, 1.807) is 7.11 Å². The molecule has 0 aliphatic heterocycles. The largest absolute Gasteiger partial charge is 0.383 e. The first-order chi connectivity index (χ1) is 8.72. The van der Waals surface area contributed by atoms with Crippen molar-refractivity contribution in [1.82, 2.24) is 10.6 Å². The molecule has 18 heavy (non-hydrogen) atoms. The van der Waals surface area contributed by atoms with Gasteiger partial charge in [0, 0.05) is 19.3 Å². The lowest BCUT2D eigenvalue weighted by Gasteiger charge is -2.10. The molecule has 0 aliphatic carbocycles. The number of thiocarbonyl (C=S) groups is 1. The average molecular weight is 267 g/mol. The van der Waals surface area contributed by atoms with Gasteiger partial charge in [0.2, 0.25) is 5.91 Å². The van der Waals surface area contributed by atoms with Gasteiger partial charge in [-0.15, -0.1) is 0 Å². The van der Waals surface area contributed by atoms with Gasteiger partial charge < -0.3 is 20.7 Å². The molecule has 0 aliphatic rings. The van der Waals surface area contributed by atoms with Gasteiger partial charge in [0.1, 0.15) is 0 Å². The zero-order valence-corrected chi connectivity index (χ0v) is 11.0. The molecule has 1 aromatic carbocycles. The van der Waals surface area contributed by atoms with Crippen molar-refractivity contribution in [2.75, 3.05) is 32.1 Å². The predicted octanol–water partition coefficient (Wildman–Crippen LogP) is 0.736. The second kappa shape index (κ2) is 8.43. The molecule has 1 aromatic rings. The van der Waals surface area contributed by atoms with Crippen LogP contribution in [0.1, 0.15) is 0 Å². The molecule has 98 valence electrons. The van der Waals surface area contributed by atoms with Crippen LogP contribution in [0.4, 0.5) is 5.69 Å². The number of nitrogens with one attached hydrogen (secondary N) is 3. The van der Waals surface area contributed by atoms with Crippen molar-refractivity contribution in [1.29, 1.82) is 0 Å². The lowest BCUT2D eigenvalue weighted by atomic mass is 10.3. The van der Waals surface area contributed by atoms with Crippen LogP contribution in [0.5, 0.6) is 0 Å². The van der Waals surface area contributed by atoms with Gasteiger partial charge in [0.05, 0.1) is 13.2 Å². The highest BCUT2D eigenvalue weighted by atomic mass is 32.1. The van der Waals surface area contributed by atoms with Gasteiger partial charge in [-0.25, -0.2) is 0 Å². The van der Waals surface area contributed by atoms with Crippen LogP contribution in [-0.4, -0.2) is 37.8 Å². The number of rotatable bonds is 6. The number of para-hydroxylation sites is 1. The molecular formula is C12H17N3O2S. The van der Waals surface area contributed by atoms with E-state index in [1.165, 1.54) is 0 Å². The minimum absolute atomic E-state index is 0.121. The number of carbonyl (C=O) groups is 1. The van der Waals surface area contributed by atoms with Gasteiger partial charge in [-0.3, -0.25) is 4.79 Å². The van der Waals surface area contributed by atoms with Gasteiger partial charge >= 0.3 is 0 Å². The van der Waals surface area contributed by atoms with E-state index in [0.717, 1.165) is 5.69 Å². The Morgan fingerprint density at radius 2 is 2.00 bits per heavy atom. The van der Waals surface area contributed by atoms with Gasteiger partial charge in [0.15, 0.2) is 5.11 Å². The Labute approximate surface area is 112 Å². The summed E-state index contributed by atoms with van der Waals surface area (Å²) < 4.78 is 4.82. The molecule has 0 bridgehead atoms. The average Bonchev–Trinajstić information content (AvgIpc) is 2.38. The normalized spacial score (nSPS) is 9.61. The summed E-state index contributed by atoms with van der Waals surface area (Å²) in [6.45, 7) is 1.14. The van der Waals surface area contributed by atoms with Crippen molar-refractivity contribution in [2.24, 2.45) is 0 Å². The molecule has 6 heteroatoms. The Bertz CT molecular complexity index is 384. The molecule has 5 nitrogen and oxygen atoms in total. The Morgan fingerprint density at radius 3 is 2.67 bits per heavy atom. The van der Waals surface area contributed by atoms with Crippen molar-refractivity contribution >= 4 is 28.9 Å². The minimum Gasteiger partial charge on any atom is -0.383 e. The summed E-state index contributed by atoms with van der Waals surface area (Å²) in [5.41, 5.74) is 0.884. The third-order valence-corrected chi connectivity index (χ3v) is 2.32. The molecule has 0 saturated carbocycles. The minimum atomic E-state index is -0.121. The molecule has 0 spiro atoms. The van der Waals surface area contributed by atoms with Gasteiger partial charge in [-0.2, -0.15) is 0 Å². The Balaban J connectivity index is 2.19. The molecule has 0 fully saturated rings. The Hall–Kier alpha value is -1.66. The van der Waals surface area contributed by atoms with Crippen LogP contribution in [0.3, 0.4) is 0 Å². The summed E-state index contributed by atoms with van der Waals surface area (Å²) >= 11 is 5.06. The number of hydrogen-bond acceptors (Lipinski definition) is 3. The molecule has 1 rings (SSSR count). The van der Waals surface area contributed by atoms with Gasteiger partial charge in [-0.1, -0.05) is 18.2 Å². The van der Waals surface area contributed by atoms with E-state index < -0.39 is 0 Å². The molecule has 0 atom stereocenters. The van der Waals surface area contributed by atoms with E-state index in [-0.39, 0.29) is 12.5 Å². The standard InChI is InChI=1S/C12H17N3O2S/c1-17-8-7-13-11(16)9-14-12(18)15-10-5-3-2-4-6-10/h2-6H,7-9H2,1H3,(H,13,16)(H2,14,15,18). The van der Waals surface area contributed by atoms with Crippen LogP contribution in [0.15, 0.2) is 30.3 Å². The van der Waals surface area contributed by atoms with E-state index in [0.29, 0.717) is 18.3 Å². The lowest BCUT2D eigenvalue weighted by Crippen LogP contribution is -2.39. The van der Waals surface area contributed by atoms with E-state index in [9.17, 15) is 4.79 Å². The lowest BCUT2D eigenvalue weighted by molar-refractivity contribution is -0.120. The van der Waals surface area contributed by atoms with Crippen molar-refractivity contribution in [2.45, 2.75) is 0 Å². The van der Waals surface area contributed by atoms with Crippen LogP contribution in [-0.2, 0) is 9.53 Å². The van der Waals surface area contributed by atoms with E-state index in [2.05, 4.69) is 16.0 Å². The van der Waals surface area contributed by atoms with Gasteiger partial charge in [-0.05, 0) is 24.4 Å². The Kier molecular flexibility index (Phi) is 6.75. The first-order valence-electron chi connectivity index (χ1n) is 5.58. The summed E-state index contributed by atoms with van der Waals surface area (Å²) in [5.74, 6) is -0.121. The molecule has 0 saturated heterocycles. The highest BCUT2D eigenvalue weighted by Crippen LogP contribution is 2.03. The van der Waals surface area contributed by atoms with Crippen LogP contribution in [0.25, 0.3) is 0 Å². The first-order valence-corrected chi connectivity index (χ1v) is 5.98. The molecule has 3 N–H and O–H groups in total. The number of hydrogen-bond donors (Lipinski definition) is 3. The second-order valence-electron chi connectivity index (χ2n) is 3.52. The number of amides is 1. The predicted molar refractivity (Wildman–Crippen MR) is 75.6 cm³/mol. The number of methoxy groups -OCH3 is 1. The molecule has 0 aromatic heterocycles. The molecule has 1 amide bonds. The molecule has 0 radical (unpaired) electrons. The highest BCUT2D eigenvalue weighted by molar-refractivity contribution is 7.80. The second-order valence-corrected chi connectivity index (χ2v) is 3.92. The van der Waals surface area contributed by atoms with Crippen LogP contribution < -0.4 is 16.0 Å². The Morgan fingerprint density at radius 1 is 1.28 bits per heavy atom. The number of benzene rings is 1. The summed E-state index contributed by atoms with van der Waals surface area (Å²) in [5, 5.41) is 8.91. The summed E-state index contributed by atoms with van der Waals surface area (Å²) in [6, 6.07) is 9.52. The summed E-state index contributed by atoms with van der Waals surface area (Å²) in [6.07, 6.45) is 0. The van der Waals surface area contributed by atoms with Crippen LogP contribution in [0, 0.1) is 0 Å². The molecular weight excluding hydrogens is 250 g/mol. The van der Waals surface area contributed by atoms with Crippen molar-refractivity contribution in [3.05, 3.63) is 30.3 Å². The smallest absolute Gasteiger partial charge is 0.239 e. The van der Waals surface area contributed by atoms with E-state index in [4.69, 9.17) is 17.0 Å². The summed E-state index contributed by atoms with van der Waals surface area (Å²) in [7, 11) is 1.59. The zero-order valence-electron chi connectivity index (χ0n) is 10.2. The summed E-state index contributed by atoms with van der Waals surface area (Å²) in [4.78, 5) is 11.4. The SMILES string of the molecule is COCCNC(=O)CNC(=S)Nc1ccccc1. The molecule has 0 unspecified atom stereocenters. The van der Waals surface area contributed by atoms with E-state index in [1.807, 2.05) is 30.3 Å². The zero-order chi connectivity index (χ0) is 13.2. The maximum absolute atomic E-state index is 11.4. The van der Waals surface area contributed by atoms with Crippen LogP contribution in [0.2, 0.25) is 0 Å². The monoisotopic (exact) mass is 267 g/mol. The topological polar surface area (TPSA) is 62.4 Å². The fourth-order valence-electron chi connectivity index (χ4n) is 1.21. The maximum atomic E-state index is 11.4. The first kappa shape index (κ1) is 14.4. The van der Waals surface area contributed by atoms with Crippen molar-refractivity contribution < 1.29 is 9.53 Å². The van der Waals surface area contributed by atoms with Crippen molar-refractivity contribution in [3.8, 4) is 0 Å². The third kappa shape index (κ3) is 6.17. The highest BCUT2D eigenvalue weighted by Gasteiger charge is 2.01. The van der Waals surface area contributed by atoms with Crippen molar-refractivity contribution in [3.63, 3.8) is 0 Å². The fraction of sp³-hybridized carbons (Fsp3) is 0.333. The molecule has 0 heterocycles. The number of ether oxygens (including phenoxy) is 1. The van der Waals surface area contributed by atoms with E-state index >= 15 is 0 Å². The number of anilines is 1.